The maximum Gasteiger partial charge on any atom is 0.263 e. The third-order valence-electron chi connectivity index (χ3n) is 3.90. The Balaban J connectivity index is 2.14. The maximum absolute atomic E-state index is 13.1. The minimum Gasteiger partial charge on any atom is -0.276 e. The molecule has 0 aliphatic rings. The van der Waals surface area contributed by atoms with Gasteiger partial charge < -0.3 is 0 Å². The summed E-state index contributed by atoms with van der Waals surface area (Å²) in [6, 6.07) is 23.3. The number of rotatable bonds is 2. The van der Waals surface area contributed by atoms with Crippen LogP contribution in [0.3, 0.4) is 0 Å². The second kappa shape index (κ2) is 5.54. The molecule has 2 aromatic carbocycles. The molecule has 0 N–H and O–H groups in total. The number of fused-ring (bicyclic) bond motifs is 1. The molecule has 4 rings (SSSR count). The summed E-state index contributed by atoms with van der Waals surface area (Å²) in [4.78, 5) is 17.3. The van der Waals surface area contributed by atoms with Gasteiger partial charge in [-0.2, -0.15) is 0 Å². The average Bonchev–Trinajstić information content (AvgIpc) is 2.63. The summed E-state index contributed by atoms with van der Waals surface area (Å²) in [7, 11) is 0. The molecule has 0 saturated carbocycles. The van der Waals surface area contributed by atoms with Crippen LogP contribution in [0.4, 0.5) is 0 Å². The zero-order chi connectivity index (χ0) is 15.6. The molecule has 2 aromatic heterocycles. The Morgan fingerprint density at radius 2 is 1.61 bits per heavy atom. The van der Waals surface area contributed by atoms with Crippen LogP contribution in [0.15, 0.2) is 90.0 Å². The number of benzene rings is 2. The van der Waals surface area contributed by atoms with Crippen molar-refractivity contribution in [2.75, 3.05) is 0 Å². The summed E-state index contributed by atoms with van der Waals surface area (Å²) in [6.07, 6.45) is 3.51. The molecule has 4 aromatic rings. The molecule has 0 bridgehead atoms. The second-order valence-electron chi connectivity index (χ2n) is 5.33. The molecule has 2 heterocycles. The topological polar surface area (TPSA) is 34.9 Å². The number of hydrogen-bond donors (Lipinski definition) is 0. The van der Waals surface area contributed by atoms with E-state index in [0.717, 1.165) is 22.3 Å². The molecular weight excluding hydrogens is 284 g/mol. The number of aromatic nitrogens is 2. The molecule has 0 saturated heterocycles. The van der Waals surface area contributed by atoms with E-state index in [1.807, 2.05) is 72.8 Å². The molecule has 23 heavy (non-hydrogen) atoms. The van der Waals surface area contributed by atoms with Gasteiger partial charge in [-0.05, 0) is 41.8 Å². The number of para-hydroxylation sites is 1. The number of pyridine rings is 2. The Morgan fingerprint density at radius 1 is 0.826 bits per heavy atom. The van der Waals surface area contributed by atoms with Crippen molar-refractivity contribution < 1.29 is 0 Å². The van der Waals surface area contributed by atoms with Crippen LogP contribution in [0.5, 0.6) is 0 Å². The van der Waals surface area contributed by atoms with Gasteiger partial charge in [0.1, 0.15) is 0 Å². The fourth-order valence-corrected chi connectivity index (χ4v) is 2.82. The van der Waals surface area contributed by atoms with E-state index in [4.69, 9.17) is 0 Å². The molecule has 0 aliphatic heterocycles. The first kappa shape index (κ1) is 13.5. The van der Waals surface area contributed by atoms with E-state index in [1.165, 1.54) is 0 Å². The molecule has 0 spiro atoms. The Bertz CT molecular complexity index is 1020. The van der Waals surface area contributed by atoms with Crippen LogP contribution < -0.4 is 5.56 Å². The molecular formula is C20H14N2O. The third-order valence-corrected chi connectivity index (χ3v) is 3.90. The molecule has 3 nitrogen and oxygen atoms in total. The zero-order valence-electron chi connectivity index (χ0n) is 12.4. The van der Waals surface area contributed by atoms with Gasteiger partial charge >= 0.3 is 0 Å². The number of nitrogens with zero attached hydrogens (tertiary/aromatic N) is 2. The van der Waals surface area contributed by atoms with Crippen molar-refractivity contribution >= 4 is 10.8 Å². The highest BCUT2D eigenvalue weighted by molar-refractivity contribution is 5.86. The highest BCUT2D eigenvalue weighted by atomic mass is 16.1. The maximum atomic E-state index is 13.1. The van der Waals surface area contributed by atoms with Gasteiger partial charge in [0.2, 0.25) is 0 Å². The predicted molar refractivity (Wildman–Crippen MR) is 92.8 cm³/mol. The lowest BCUT2D eigenvalue weighted by atomic mass is 10.1. The Morgan fingerprint density at radius 3 is 2.39 bits per heavy atom. The summed E-state index contributed by atoms with van der Waals surface area (Å²) < 4.78 is 1.75. The summed E-state index contributed by atoms with van der Waals surface area (Å²) >= 11 is 0. The van der Waals surface area contributed by atoms with Gasteiger partial charge in [-0.3, -0.25) is 14.3 Å². The summed E-state index contributed by atoms with van der Waals surface area (Å²) in [6.45, 7) is 0. The molecule has 0 fully saturated rings. The molecule has 0 aliphatic carbocycles. The Labute approximate surface area is 133 Å². The summed E-state index contributed by atoms with van der Waals surface area (Å²) in [5.74, 6) is 0. The van der Waals surface area contributed by atoms with E-state index in [-0.39, 0.29) is 5.56 Å². The molecule has 0 amide bonds. The van der Waals surface area contributed by atoms with Crippen LogP contribution in [0, 0.1) is 0 Å². The van der Waals surface area contributed by atoms with Crippen molar-refractivity contribution in [2.24, 2.45) is 0 Å². The Kier molecular flexibility index (Phi) is 3.24. The fraction of sp³-hybridized carbons (Fsp3) is 0. The summed E-state index contributed by atoms with van der Waals surface area (Å²) in [5.41, 5.74) is 2.59. The first-order valence-electron chi connectivity index (χ1n) is 7.45. The SMILES string of the molecule is O=c1c2ccccc2cc(-c2cccnc2)n1-c1ccccc1. The third kappa shape index (κ3) is 2.32. The second-order valence-corrected chi connectivity index (χ2v) is 5.33. The lowest BCUT2D eigenvalue weighted by Crippen LogP contribution is -2.20. The van der Waals surface area contributed by atoms with E-state index in [2.05, 4.69) is 4.98 Å². The molecule has 0 radical (unpaired) electrons. The van der Waals surface area contributed by atoms with E-state index in [0.29, 0.717) is 5.39 Å². The first-order valence-corrected chi connectivity index (χ1v) is 7.45. The summed E-state index contributed by atoms with van der Waals surface area (Å²) in [5, 5.41) is 1.65. The van der Waals surface area contributed by atoms with Crippen LogP contribution in [-0.2, 0) is 0 Å². The molecule has 3 heteroatoms. The van der Waals surface area contributed by atoms with Crippen molar-refractivity contribution in [3.8, 4) is 16.9 Å². The molecule has 0 unspecified atom stereocenters. The monoisotopic (exact) mass is 298 g/mol. The fourth-order valence-electron chi connectivity index (χ4n) is 2.82. The van der Waals surface area contributed by atoms with Crippen molar-refractivity contribution in [3.63, 3.8) is 0 Å². The molecule has 110 valence electrons. The zero-order valence-corrected chi connectivity index (χ0v) is 12.4. The van der Waals surface area contributed by atoms with Gasteiger partial charge in [-0.25, -0.2) is 0 Å². The van der Waals surface area contributed by atoms with Gasteiger partial charge in [-0.1, -0.05) is 36.4 Å². The van der Waals surface area contributed by atoms with E-state index >= 15 is 0 Å². The van der Waals surface area contributed by atoms with Gasteiger partial charge in [0.05, 0.1) is 5.69 Å². The molecule has 0 atom stereocenters. The van der Waals surface area contributed by atoms with Crippen LogP contribution in [0.25, 0.3) is 27.7 Å². The normalized spacial score (nSPS) is 10.8. The standard InChI is InChI=1S/C20H14N2O/c23-20-18-11-5-4-7-15(18)13-19(16-8-6-12-21-14-16)22(20)17-9-2-1-3-10-17/h1-14H. The van der Waals surface area contributed by atoms with Crippen molar-refractivity contribution in [2.45, 2.75) is 0 Å². The first-order chi connectivity index (χ1) is 11.3. The largest absolute Gasteiger partial charge is 0.276 e. The van der Waals surface area contributed by atoms with Crippen molar-refractivity contribution in [1.29, 1.82) is 0 Å². The van der Waals surface area contributed by atoms with E-state index in [1.54, 1.807) is 17.0 Å². The lowest BCUT2D eigenvalue weighted by molar-refractivity contribution is 1.02. The minimum absolute atomic E-state index is 0.0202. The predicted octanol–water partition coefficient (Wildman–Crippen LogP) is 4.05. The van der Waals surface area contributed by atoms with Crippen LogP contribution in [-0.4, -0.2) is 9.55 Å². The van der Waals surface area contributed by atoms with Gasteiger partial charge in [0.15, 0.2) is 0 Å². The van der Waals surface area contributed by atoms with Crippen molar-refractivity contribution in [1.82, 2.24) is 9.55 Å². The van der Waals surface area contributed by atoms with Crippen LogP contribution >= 0.6 is 0 Å². The smallest absolute Gasteiger partial charge is 0.263 e. The number of hydrogen-bond acceptors (Lipinski definition) is 2. The highest BCUT2D eigenvalue weighted by Gasteiger charge is 2.12. The lowest BCUT2D eigenvalue weighted by Gasteiger charge is -2.14. The van der Waals surface area contributed by atoms with Crippen LogP contribution in [0.2, 0.25) is 0 Å². The highest BCUT2D eigenvalue weighted by Crippen LogP contribution is 2.24. The van der Waals surface area contributed by atoms with Gasteiger partial charge in [-0.15, -0.1) is 0 Å². The minimum atomic E-state index is -0.0202. The van der Waals surface area contributed by atoms with E-state index < -0.39 is 0 Å². The average molecular weight is 298 g/mol. The van der Waals surface area contributed by atoms with Gasteiger partial charge in [0, 0.05) is 29.0 Å². The van der Waals surface area contributed by atoms with Crippen molar-refractivity contribution in [3.05, 3.63) is 95.5 Å². The van der Waals surface area contributed by atoms with Gasteiger partial charge in [0.25, 0.3) is 5.56 Å². The van der Waals surface area contributed by atoms with E-state index in [9.17, 15) is 4.79 Å². The Hall–Kier alpha value is -3.20. The van der Waals surface area contributed by atoms with Crippen LogP contribution in [0.1, 0.15) is 0 Å². The quantitative estimate of drug-likeness (QED) is 0.559.